The van der Waals surface area contributed by atoms with Crippen LogP contribution in [0.5, 0.6) is 5.75 Å². The summed E-state index contributed by atoms with van der Waals surface area (Å²) in [6.45, 7) is 6.66. The predicted octanol–water partition coefficient (Wildman–Crippen LogP) is 3.63. The van der Waals surface area contributed by atoms with E-state index in [0.717, 1.165) is 18.6 Å². The summed E-state index contributed by atoms with van der Waals surface area (Å²) in [6.07, 6.45) is 2.56. The fourth-order valence-corrected chi connectivity index (χ4v) is 2.68. The highest BCUT2D eigenvalue weighted by Crippen LogP contribution is 2.42. The van der Waals surface area contributed by atoms with E-state index in [1.807, 2.05) is 7.05 Å². The lowest BCUT2D eigenvalue weighted by molar-refractivity contribution is 0.180. The number of para-hydroxylation sites is 1. The first-order valence-corrected chi connectivity index (χ1v) is 6.65. The lowest BCUT2D eigenvalue weighted by Gasteiger charge is -2.17. The van der Waals surface area contributed by atoms with Crippen molar-refractivity contribution in [3.05, 3.63) is 29.3 Å². The smallest absolute Gasteiger partial charge is 0.128 e. The van der Waals surface area contributed by atoms with Crippen molar-refractivity contribution in [2.45, 2.75) is 51.7 Å². The lowest BCUT2D eigenvalue weighted by Crippen LogP contribution is -2.28. The topological polar surface area (TPSA) is 21.3 Å². The van der Waals surface area contributed by atoms with E-state index in [2.05, 4.69) is 44.3 Å². The van der Waals surface area contributed by atoms with E-state index in [4.69, 9.17) is 4.74 Å². The summed E-state index contributed by atoms with van der Waals surface area (Å²) < 4.78 is 6.18. The minimum Gasteiger partial charge on any atom is -0.488 e. The molecule has 0 aliphatic carbocycles. The fraction of sp³-hybridized carbons (Fsp3) is 0.600. The molecule has 2 heteroatoms. The van der Waals surface area contributed by atoms with Crippen LogP contribution < -0.4 is 10.1 Å². The molecule has 0 amide bonds. The highest BCUT2D eigenvalue weighted by Gasteiger charge is 2.34. The van der Waals surface area contributed by atoms with Gasteiger partial charge in [-0.05, 0) is 24.9 Å². The van der Waals surface area contributed by atoms with Gasteiger partial charge < -0.3 is 10.1 Å². The summed E-state index contributed by atoms with van der Waals surface area (Å²) in [4.78, 5) is 0. The van der Waals surface area contributed by atoms with E-state index < -0.39 is 0 Å². The van der Waals surface area contributed by atoms with Crippen LogP contribution in [-0.2, 0) is 0 Å². The quantitative estimate of drug-likeness (QED) is 0.857. The molecule has 0 aromatic heterocycles. The van der Waals surface area contributed by atoms with Gasteiger partial charge in [0.25, 0.3) is 0 Å². The van der Waals surface area contributed by atoms with Crippen LogP contribution in [-0.4, -0.2) is 13.2 Å². The molecule has 1 heterocycles. The molecule has 0 spiro atoms. The number of benzene rings is 1. The first kappa shape index (κ1) is 12.4. The van der Waals surface area contributed by atoms with Crippen LogP contribution in [0.15, 0.2) is 18.2 Å². The minimum atomic E-state index is 0.292. The van der Waals surface area contributed by atoms with Gasteiger partial charge in [0, 0.05) is 5.56 Å². The first-order chi connectivity index (χ1) is 8.19. The van der Waals surface area contributed by atoms with Gasteiger partial charge in [0.1, 0.15) is 11.9 Å². The Balaban J connectivity index is 2.37. The number of hydrogen-bond donors (Lipinski definition) is 1. The van der Waals surface area contributed by atoms with E-state index >= 15 is 0 Å². The molecule has 1 aliphatic rings. The largest absolute Gasteiger partial charge is 0.488 e. The molecule has 1 N–H and O–H groups in total. The Bertz CT molecular complexity index is 387. The molecule has 2 rings (SSSR count). The second-order valence-electron chi connectivity index (χ2n) is 5.13. The highest BCUT2D eigenvalue weighted by atomic mass is 16.5. The maximum atomic E-state index is 6.18. The molecule has 0 saturated carbocycles. The molecule has 2 atom stereocenters. The van der Waals surface area contributed by atoms with Crippen molar-refractivity contribution in [2.75, 3.05) is 7.05 Å². The molecule has 2 nitrogen and oxygen atoms in total. The number of fused-ring (bicyclic) bond motifs is 1. The van der Waals surface area contributed by atoms with Crippen molar-refractivity contribution in [1.82, 2.24) is 5.32 Å². The highest BCUT2D eigenvalue weighted by molar-refractivity contribution is 5.48. The standard InChI is InChI=1S/C15H23NO/c1-5-7-13-14(16-4)12-9-6-8-11(10(2)3)15(12)17-13/h6,8-10,13-14,16H,5,7H2,1-4H3. The van der Waals surface area contributed by atoms with E-state index in [0.29, 0.717) is 18.1 Å². The Kier molecular flexibility index (Phi) is 3.72. The van der Waals surface area contributed by atoms with Gasteiger partial charge in [0.2, 0.25) is 0 Å². The van der Waals surface area contributed by atoms with Gasteiger partial charge in [-0.1, -0.05) is 45.4 Å². The third kappa shape index (κ3) is 2.19. The predicted molar refractivity (Wildman–Crippen MR) is 71.7 cm³/mol. The molecule has 0 radical (unpaired) electrons. The normalized spacial score (nSPS) is 22.6. The molecular weight excluding hydrogens is 210 g/mol. The zero-order chi connectivity index (χ0) is 12.4. The van der Waals surface area contributed by atoms with Crippen molar-refractivity contribution in [2.24, 2.45) is 0 Å². The number of likely N-dealkylation sites (N-methyl/N-ethyl adjacent to an activating group) is 1. The van der Waals surface area contributed by atoms with Crippen LogP contribution in [0.25, 0.3) is 0 Å². The van der Waals surface area contributed by atoms with Crippen molar-refractivity contribution < 1.29 is 4.74 Å². The molecule has 1 aromatic rings. The maximum Gasteiger partial charge on any atom is 0.128 e. The number of ether oxygens (including phenoxy) is 1. The zero-order valence-corrected chi connectivity index (χ0v) is 11.3. The average molecular weight is 233 g/mol. The third-order valence-electron chi connectivity index (χ3n) is 3.56. The minimum absolute atomic E-state index is 0.292. The fourth-order valence-electron chi connectivity index (χ4n) is 2.68. The lowest BCUT2D eigenvalue weighted by atomic mass is 9.95. The molecule has 2 unspecified atom stereocenters. The molecule has 17 heavy (non-hydrogen) atoms. The van der Waals surface area contributed by atoms with Gasteiger partial charge in [0.15, 0.2) is 0 Å². The average Bonchev–Trinajstić information content (AvgIpc) is 2.66. The third-order valence-corrected chi connectivity index (χ3v) is 3.56. The number of nitrogens with one attached hydrogen (secondary N) is 1. The molecular formula is C15H23NO. The Morgan fingerprint density at radius 3 is 2.71 bits per heavy atom. The molecule has 0 saturated heterocycles. The van der Waals surface area contributed by atoms with Gasteiger partial charge in [0.05, 0.1) is 6.04 Å². The van der Waals surface area contributed by atoms with Gasteiger partial charge in [-0.25, -0.2) is 0 Å². The van der Waals surface area contributed by atoms with E-state index in [1.165, 1.54) is 11.1 Å². The van der Waals surface area contributed by atoms with E-state index in [9.17, 15) is 0 Å². The van der Waals surface area contributed by atoms with Crippen LogP contribution >= 0.6 is 0 Å². The van der Waals surface area contributed by atoms with Crippen LogP contribution in [0.4, 0.5) is 0 Å². The Labute approximate surface area is 104 Å². The summed E-state index contributed by atoms with van der Waals surface area (Å²) in [5.74, 6) is 1.64. The van der Waals surface area contributed by atoms with Gasteiger partial charge in [-0.2, -0.15) is 0 Å². The van der Waals surface area contributed by atoms with Crippen LogP contribution in [0.3, 0.4) is 0 Å². The van der Waals surface area contributed by atoms with Crippen LogP contribution in [0.2, 0.25) is 0 Å². The summed E-state index contributed by atoms with van der Waals surface area (Å²) >= 11 is 0. The Morgan fingerprint density at radius 2 is 2.12 bits per heavy atom. The maximum absolute atomic E-state index is 6.18. The van der Waals surface area contributed by atoms with Crippen molar-refractivity contribution >= 4 is 0 Å². The first-order valence-electron chi connectivity index (χ1n) is 6.65. The monoisotopic (exact) mass is 233 g/mol. The second kappa shape index (κ2) is 5.09. The van der Waals surface area contributed by atoms with E-state index in [1.54, 1.807) is 0 Å². The zero-order valence-electron chi connectivity index (χ0n) is 11.3. The second-order valence-corrected chi connectivity index (χ2v) is 5.13. The summed E-state index contributed by atoms with van der Waals surface area (Å²) in [5, 5.41) is 3.40. The van der Waals surface area contributed by atoms with Crippen LogP contribution in [0, 0.1) is 0 Å². The summed E-state index contributed by atoms with van der Waals surface area (Å²) in [7, 11) is 2.02. The number of hydrogen-bond acceptors (Lipinski definition) is 2. The molecule has 94 valence electrons. The molecule has 0 bridgehead atoms. The summed E-state index contributed by atoms with van der Waals surface area (Å²) in [6, 6.07) is 6.88. The van der Waals surface area contributed by atoms with Gasteiger partial charge in [-0.3, -0.25) is 0 Å². The van der Waals surface area contributed by atoms with Crippen molar-refractivity contribution in [3.63, 3.8) is 0 Å². The van der Waals surface area contributed by atoms with Crippen molar-refractivity contribution in [1.29, 1.82) is 0 Å². The van der Waals surface area contributed by atoms with E-state index in [-0.39, 0.29) is 0 Å². The van der Waals surface area contributed by atoms with Crippen LogP contribution in [0.1, 0.15) is 56.7 Å². The molecule has 1 aromatic carbocycles. The van der Waals surface area contributed by atoms with Gasteiger partial charge in [-0.15, -0.1) is 0 Å². The van der Waals surface area contributed by atoms with Crippen molar-refractivity contribution in [3.8, 4) is 5.75 Å². The summed E-state index contributed by atoms with van der Waals surface area (Å²) in [5.41, 5.74) is 2.67. The molecule has 1 aliphatic heterocycles. The Hall–Kier alpha value is -1.02. The molecule has 0 fully saturated rings. The SMILES string of the molecule is CCCC1Oc2c(C(C)C)cccc2C1NC. The number of rotatable bonds is 4. The Morgan fingerprint density at radius 1 is 1.35 bits per heavy atom. The van der Waals surface area contributed by atoms with Gasteiger partial charge >= 0.3 is 0 Å².